The largest absolute Gasteiger partial charge is 0.497 e. The predicted molar refractivity (Wildman–Crippen MR) is 119 cm³/mol. The molecule has 0 saturated heterocycles. The molecule has 5 heteroatoms. The van der Waals surface area contributed by atoms with Gasteiger partial charge >= 0.3 is 0 Å². The molecule has 0 saturated carbocycles. The molecular weight excluding hydrogens is 388 g/mol. The molecular formula is C24H37ClO4. The molecule has 1 aromatic rings. The van der Waals surface area contributed by atoms with Crippen LogP contribution in [0.3, 0.4) is 0 Å². The summed E-state index contributed by atoms with van der Waals surface area (Å²) < 4.78 is 10.9. The summed E-state index contributed by atoms with van der Waals surface area (Å²) in [6.07, 6.45) is 4.32. The van der Waals surface area contributed by atoms with Gasteiger partial charge in [0.05, 0.1) is 24.7 Å². The summed E-state index contributed by atoms with van der Waals surface area (Å²) in [5, 5.41) is 0.536. The minimum absolute atomic E-state index is 0.0508. The van der Waals surface area contributed by atoms with Crippen molar-refractivity contribution in [2.75, 3.05) is 13.7 Å². The molecule has 0 aromatic heterocycles. The van der Waals surface area contributed by atoms with E-state index in [-0.39, 0.29) is 11.6 Å². The second-order valence-electron chi connectivity index (χ2n) is 9.63. The topological polar surface area (TPSA) is 52.6 Å². The van der Waals surface area contributed by atoms with Crippen LogP contribution >= 0.6 is 11.6 Å². The molecule has 0 aliphatic rings. The van der Waals surface area contributed by atoms with Crippen LogP contribution in [0, 0.1) is 16.7 Å². The van der Waals surface area contributed by atoms with E-state index in [0.29, 0.717) is 29.5 Å². The van der Waals surface area contributed by atoms with Gasteiger partial charge in [-0.15, -0.1) is 0 Å². The summed E-state index contributed by atoms with van der Waals surface area (Å²) >= 11 is 6.17. The maximum absolute atomic E-state index is 12.8. The lowest BCUT2D eigenvalue weighted by atomic mass is 9.73. The van der Waals surface area contributed by atoms with E-state index < -0.39 is 16.7 Å². The van der Waals surface area contributed by atoms with Gasteiger partial charge in [0.2, 0.25) is 0 Å². The quantitative estimate of drug-likeness (QED) is 0.299. The van der Waals surface area contributed by atoms with Crippen LogP contribution < -0.4 is 9.47 Å². The third-order valence-electron chi connectivity index (χ3n) is 4.90. The van der Waals surface area contributed by atoms with Crippen LogP contribution in [0.5, 0.6) is 11.5 Å². The molecule has 0 fully saturated rings. The second kappa shape index (κ2) is 11.0. The summed E-state index contributed by atoms with van der Waals surface area (Å²) in [5.41, 5.74) is -1.01. The van der Waals surface area contributed by atoms with Gasteiger partial charge in [0.15, 0.2) is 0 Å². The molecule has 1 rings (SSSR count). The fraction of sp³-hybridized carbons (Fsp3) is 0.667. The third-order valence-corrected chi connectivity index (χ3v) is 5.19. The van der Waals surface area contributed by atoms with Gasteiger partial charge in [-0.3, -0.25) is 9.59 Å². The lowest BCUT2D eigenvalue weighted by Crippen LogP contribution is -2.39. The number of hydrogen-bond acceptors (Lipinski definition) is 4. The van der Waals surface area contributed by atoms with E-state index in [1.165, 1.54) is 0 Å². The molecule has 0 aliphatic heterocycles. The Morgan fingerprint density at radius 2 is 1.48 bits per heavy atom. The molecule has 0 bridgehead atoms. The van der Waals surface area contributed by atoms with E-state index in [4.69, 9.17) is 21.1 Å². The number of ether oxygens (including phenoxy) is 2. The van der Waals surface area contributed by atoms with Crippen LogP contribution in [0.2, 0.25) is 5.02 Å². The van der Waals surface area contributed by atoms with E-state index in [9.17, 15) is 9.59 Å². The van der Waals surface area contributed by atoms with Crippen LogP contribution in [-0.4, -0.2) is 25.3 Å². The standard InChI is InChI=1S/C24H37ClO4/c1-23(2,3)21(26)18(22(27)24(4,5)6)12-10-8-9-11-15-29-20-14-13-17(28-7)16-19(20)25/h13-14,16,18H,8-12,15H2,1-7H3. The van der Waals surface area contributed by atoms with Crippen molar-refractivity contribution in [2.24, 2.45) is 16.7 Å². The van der Waals surface area contributed by atoms with Crippen molar-refractivity contribution in [3.8, 4) is 11.5 Å². The Hall–Kier alpha value is -1.55. The summed E-state index contributed by atoms with van der Waals surface area (Å²) in [6.45, 7) is 11.9. The molecule has 0 amide bonds. The summed E-state index contributed by atoms with van der Waals surface area (Å²) in [6, 6.07) is 5.36. The first-order valence-electron chi connectivity index (χ1n) is 10.4. The first kappa shape index (κ1) is 25.5. The van der Waals surface area contributed by atoms with Crippen molar-refractivity contribution in [2.45, 2.75) is 73.6 Å². The third kappa shape index (κ3) is 8.38. The van der Waals surface area contributed by atoms with Gasteiger partial charge in [-0.25, -0.2) is 0 Å². The number of halogens is 1. The molecule has 0 atom stereocenters. The number of benzene rings is 1. The Kier molecular flexibility index (Phi) is 9.67. The van der Waals surface area contributed by atoms with Gasteiger partial charge in [-0.05, 0) is 25.0 Å². The molecule has 0 aliphatic carbocycles. The Bertz CT molecular complexity index is 657. The Morgan fingerprint density at radius 3 is 1.97 bits per heavy atom. The number of carbonyl (C=O) groups is 2. The minimum atomic E-state index is -0.510. The molecule has 0 radical (unpaired) electrons. The summed E-state index contributed by atoms with van der Waals surface area (Å²) in [7, 11) is 1.60. The van der Waals surface area contributed by atoms with Gasteiger partial charge in [0.25, 0.3) is 0 Å². The van der Waals surface area contributed by atoms with Crippen LogP contribution in [-0.2, 0) is 9.59 Å². The number of hydrogen-bond donors (Lipinski definition) is 0. The molecule has 29 heavy (non-hydrogen) atoms. The Balaban J connectivity index is 2.44. The zero-order valence-electron chi connectivity index (χ0n) is 19.1. The molecule has 0 spiro atoms. The highest BCUT2D eigenvalue weighted by atomic mass is 35.5. The van der Waals surface area contributed by atoms with Gasteiger partial charge < -0.3 is 9.47 Å². The van der Waals surface area contributed by atoms with Crippen LogP contribution in [0.4, 0.5) is 0 Å². The maximum atomic E-state index is 12.8. The monoisotopic (exact) mass is 424 g/mol. The molecule has 164 valence electrons. The highest BCUT2D eigenvalue weighted by molar-refractivity contribution is 6.32. The van der Waals surface area contributed by atoms with E-state index in [1.54, 1.807) is 13.2 Å². The molecule has 0 N–H and O–H groups in total. The molecule has 1 aromatic carbocycles. The molecule has 4 nitrogen and oxygen atoms in total. The lowest BCUT2D eigenvalue weighted by Gasteiger charge is -2.28. The van der Waals surface area contributed by atoms with Crippen molar-refractivity contribution in [3.05, 3.63) is 23.2 Å². The van der Waals surface area contributed by atoms with Crippen LogP contribution in [0.1, 0.15) is 73.6 Å². The average molecular weight is 425 g/mol. The van der Waals surface area contributed by atoms with Crippen molar-refractivity contribution in [3.63, 3.8) is 0 Å². The van der Waals surface area contributed by atoms with Crippen molar-refractivity contribution in [1.82, 2.24) is 0 Å². The highest BCUT2D eigenvalue weighted by Crippen LogP contribution is 2.31. The minimum Gasteiger partial charge on any atom is -0.497 e. The normalized spacial score (nSPS) is 12.2. The molecule has 0 heterocycles. The first-order valence-corrected chi connectivity index (χ1v) is 10.8. The van der Waals surface area contributed by atoms with Gasteiger partial charge in [-0.1, -0.05) is 72.4 Å². The van der Waals surface area contributed by atoms with Crippen LogP contribution in [0.15, 0.2) is 18.2 Å². The zero-order valence-corrected chi connectivity index (χ0v) is 19.8. The van der Waals surface area contributed by atoms with Gasteiger partial charge in [0.1, 0.15) is 23.1 Å². The fourth-order valence-electron chi connectivity index (χ4n) is 3.14. The van der Waals surface area contributed by atoms with Crippen LogP contribution in [0.25, 0.3) is 0 Å². The SMILES string of the molecule is COc1ccc(OCCCCCCC(C(=O)C(C)(C)C)C(=O)C(C)(C)C)c(Cl)c1. The van der Waals surface area contributed by atoms with Gasteiger partial charge in [0, 0.05) is 16.9 Å². The van der Waals surface area contributed by atoms with E-state index in [0.717, 1.165) is 25.7 Å². The van der Waals surface area contributed by atoms with Gasteiger partial charge in [-0.2, -0.15) is 0 Å². The summed E-state index contributed by atoms with van der Waals surface area (Å²) in [4.78, 5) is 25.6. The molecule has 0 unspecified atom stereocenters. The van der Waals surface area contributed by atoms with Crippen molar-refractivity contribution < 1.29 is 19.1 Å². The number of unbranched alkanes of at least 4 members (excludes halogenated alkanes) is 3. The predicted octanol–water partition coefficient (Wildman–Crippen LogP) is 6.52. The maximum Gasteiger partial charge on any atom is 0.148 e. The number of Topliss-reactive ketones (excluding diaryl/α,β-unsaturated/α-hetero) is 2. The van der Waals surface area contributed by atoms with Crippen molar-refractivity contribution >= 4 is 23.2 Å². The first-order chi connectivity index (χ1) is 13.4. The lowest BCUT2D eigenvalue weighted by molar-refractivity contribution is -0.142. The van der Waals surface area contributed by atoms with E-state index >= 15 is 0 Å². The second-order valence-corrected chi connectivity index (χ2v) is 10.0. The van der Waals surface area contributed by atoms with E-state index in [2.05, 4.69) is 0 Å². The Labute approximate surface area is 181 Å². The van der Waals surface area contributed by atoms with Crippen molar-refractivity contribution in [1.29, 1.82) is 0 Å². The Morgan fingerprint density at radius 1 is 0.931 bits per heavy atom. The smallest absolute Gasteiger partial charge is 0.148 e. The number of rotatable bonds is 11. The number of carbonyl (C=O) groups excluding carboxylic acids is 2. The average Bonchev–Trinajstić information content (AvgIpc) is 2.62. The number of ketones is 2. The fourth-order valence-corrected chi connectivity index (χ4v) is 3.36. The zero-order chi connectivity index (χ0) is 22.2. The highest BCUT2D eigenvalue weighted by Gasteiger charge is 2.38. The van der Waals surface area contributed by atoms with E-state index in [1.807, 2.05) is 53.7 Å². The number of methoxy groups -OCH3 is 1. The summed E-state index contributed by atoms with van der Waals surface area (Å²) in [5.74, 6) is 0.944.